The summed E-state index contributed by atoms with van der Waals surface area (Å²) in [6, 6.07) is 16.0. The summed E-state index contributed by atoms with van der Waals surface area (Å²) < 4.78 is 5.24. The number of aromatic nitrogens is 3. The SMILES string of the molecule is COc1ccc(-c2nc(SCC(=O)Nc3nccs3)c(-c3ccc(C)cc3)[nH]2)cc1. The summed E-state index contributed by atoms with van der Waals surface area (Å²) in [5, 5.41) is 6.01. The Balaban J connectivity index is 1.60. The van der Waals surface area contributed by atoms with Crippen molar-refractivity contribution in [3.05, 3.63) is 65.7 Å². The van der Waals surface area contributed by atoms with Crippen molar-refractivity contribution in [3.8, 4) is 28.4 Å². The van der Waals surface area contributed by atoms with Gasteiger partial charge in [-0.3, -0.25) is 4.79 Å². The molecule has 2 heterocycles. The van der Waals surface area contributed by atoms with E-state index in [2.05, 4.69) is 46.5 Å². The summed E-state index contributed by atoms with van der Waals surface area (Å²) in [5.41, 5.74) is 4.05. The van der Waals surface area contributed by atoms with Gasteiger partial charge in [-0.05, 0) is 31.2 Å². The third kappa shape index (κ3) is 4.72. The Morgan fingerprint density at radius 2 is 1.87 bits per heavy atom. The first-order valence-electron chi connectivity index (χ1n) is 9.26. The van der Waals surface area contributed by atoms with Crippen LogP contribution in [-0.2, 0) is 4.79 Å². The molecule has 30 heavy (non-hydrogen) atoms. The molecule has 0 spiro atoms. The van der Waals surface area contributed by atoms with E-state index in [9.17, 15) is 4.79 Å². The molecule has 1 amide bonds. The van der Waals surface area contributed by atoms with Crippen LogP contribution in [0.5, 0.6) is 5.75 Å². The molecule has 2 aromatic carbocycles. The molecular formula is C22H20N4O2S2. The van der Waals surface area contributed by atoms with Crippen LogP contribution in [0.1, 0.15) is 5.56 Å². The number of methoxy groups -OCH3 is 1. The molecule has 0 bridgehead atoms. The average Bonchev–Trinajstić information content (AvgIpc) is 3.43. The molecule has 8 heteroatoms. The number of amides is 1. The topological polar surface area (TPSA) is 79.9 Å². The Hall–Kier alpha value is -3.10. The zero-order valence-corrected chi connectivity index (χ0v) is 18.1. The van der Waals surface area contributed by atoms with Crippen LogP contribution in [0.4, 0.5) is 5.13 Å². The van der Waals surface area contributed by atoms with Crippen LogP contribution in [0.15, 0.2) is 65.1 Å². The maximum atomic E-state index is 12.3. The standard InChI is InChI=1S/C22H20N4O2S2/c1-14-3-5-15(6-4-14)19-21(30-13-18(27)24-22-23-11-12-29-22)26-20(25-19)16-7-9-17(28-2)10-8-16/h3-12H,13H2,1-2H3,(H,25,26)(H,23,24,27). The van der Waals surface area contributed by atoms with Crippen molar-refractivity contribution in [2.45, 2.75) is 11.9 Å². The van der Waals surface area contributed by atoms with Gasteiger partial charge in [0.05, 0.1) is 18.6 Å². The number of aryl methyl sites for hydroxylation is 1. The van der Waals surface area contributed by atoms with Crippen LogP contribution in [-0.4, -0.2) is 33.7 Å². The minimum absolute atomic E-state index is 0.112. The predicted molar refractivity (Wildman–Crippen MR) is 122 cm³/mol. The van der Waals surface area contributed by atoms with Crippen molar-refractivity contribution in [1.29, 1.82) is 0 Å². The summed E-state index contributed by atoms with van der Waals surface area (Å²) in [7, 11) is 1.64. The number of carbonyl (C=O) groups is 1. The number of ether oxygens (including phenoxy) is 1. The first kappa shape index (κ1) is 20.2. The van der Waals surface area contributed by atoms with Gasteiger partial charge in [0.25, 0.3) is 0 Å². The number of nitrogens with one attached hydrogen (secondary N) is 2. The lowest BCUT2D eigenvalue weighted by Gasteiger charge is -2.04. The second kappa shape index (κ2) is 9.15. The van der Waals surface area contributed by atoms with E-state index < -0.39 is 0 Å². The van der Waals surface area contributed by atoms with Crippen LogP contribution in [0.25, 0.3) is 22.6 Å². The van der Waals surface area contributed by atoms with Crippen LogP contribution < -0.4 is 10.1 Å². The van der Waals surface area contributed by atoms with Crippen LogP contribution in [0.3, 0.4) is 0 Å². The molecule has 0 fully saturated rings. The van der Waals surface area contributed by atoms with E-state index >= 15 is 0 Å². The number of hydrogen-bond acceptors (Lipinski definition) is 6. The van der Waals surface area contributed by atoms with Crippen molar-refractivity contribution >= 4 is 34.1 Å². The smallest absolute Gasteiger partial charge is 0.236 e. The summed E-state index contributed by atoms with van der Waals surface area (Å²) in [6.07, 6.45) is 1.66. The fraction of sp³-hybridized carbons (Fsp3) is 0.136. The first-order chi connectivity index (χ1) is 14.6. The molecule has 0 aliphatic heterocycles. The zero-order chi connectivity index (χ0) is 20.9. The van der Waals surface area contributed by atoms with Crippen LogP contribution in [0.2, 0.25) is 0 Å². The highest BCUT2D eigenvalue weighted by Gasteiger charge is 2.16. The Morgan fingerprint density at radius 3 is 2.53 bits per heavy atom. The summed E-state index contributed by atoms with van der Waals surface area (Å²) in [6.45, 7) is 2.05. The lowest BCUT2D eigenvalue weighted by atomic mass is 10.1. The van der Waals surface area contributed by atoms with Crippen LogP contribution in [0, 0.1) is 6.92 Å². The number of thiazole rings is 1. The van der Waals surface area contributed by atoms with E-state index in [0.717, 1.165) is 33.4 Å². The number of nitrogens with zero attached hydrogens (tertiary/aromatic N) is 2. The Kier molecular flexibility index (Phi) is 6.15. The highest BCUT2D eigenvalue weighted by molar-refractivity contribution is 8.00. The largest absolute Gasteiger partial charge is 0.497 e. The number of thioether (sulfide) groups is 1. The van der Waals surface area contributed by atoms with Gasteiger partial charge in [-0.15, -0.1) is 11.3 Å². The van der Waals surface area contributed by atoms with E-state index in [0.29, 0.717) is 5.13 Å². The molecule has 2 N–H and O–H groups in total. The van der Waals surface area contributed by atoms with Gasteiger partial charge in [0.1, 0.15) is 16.6 Å². The number of H-pyrrole nitrogens is 1. The second-order valence-electron chi connectivity index (χ2n) is 6.53. The predicted octanol–water partition coefficient (Wildman–Crippen LogP) is 5.25. The second-order valence-corrected chi connectivity index (χ2v) is 8.39. The maximum Gasteiger partial charge on any atom is 0.236 e. The molecule has 4 aromatic rings. The van der Waals surface area contributed by atoms with Gasteiger partial charge in [-0.25, -0.2) is 9.97 Å². The van der Waals surface area contributed by atoms with Gasteiger partial charge in [0.15, 0.2) is 5.13 Å². The molecule has 0 atom stereocenters. The van der Waals surface area contributed by atoms with Crippen LogP contribution >= 0.6 is 23.1 Å². The first-order valence-corrected chi connectivity index (χ1v) is 11.1. The zero-order valence-electron chi connectivity index (χ0n) is 16.5. The lowest BCUT2D eigenvalue weighted by molar-refractivity contribution is -0.113. The number of imidazole rings is 1. The lowest BCUT2D eigenvalue weighted by Crippen LogP contribution is -2.13. The highest BCUT2D eigenvalue weighted by Crippen LogP contribution is 2.33. The minimum Gasteiger partial charge on any atom is -0.497 e. The number of aromatic amines is 1. The van der Waals surface area contributed by atoms with E-state index in [-0.39, 0.29) is 11.7 Å². The van der Waals surface area contributed by atoms with Gasteiger partial charge in [0.2, 0.25) is 5.91 Å². The Labute approximate surface area is 182 Å². The number of benzene rings is 2. The van der Waals surface area contributed by atoms with E-state index in [1.165, 1.54) is 28.7 Å². The van der Waals surface area contributed by atoms with Gasteiger partial charge in [-0.1, -0.05) is 41.6 Å². The molecule has 4 rings (SSSR count). The number of carbonyl (C=O) groups excluding carboxylic acids is 1. The summed E-state index contributed by atoms with van der Waals surface area (Å²) in [4.78, 5) is 24.6. The summed E-state index contributed by atoms with van der Waals surface area (Å²) >= 11 is 2.79. The Morgan fingerprint density at radius 1 is 1.13 bits per heavy atom. The maximum absolute atomic E-state index is 12.3. The van der Waals surface area contributed by atoms with Crippen molar-refractivity contribution in [1.82, 2.24) is 15.0 Å². The molecule has 0 saturated carbocycles. The van der Waals surface area contributed by atoms with Gasteiger partial charge < -0.3 is 15.0 Å². The monoisotopic (exact) mass is 436 g/mol. The normalized spacial score (nSPS) is 10.7. The molecule has 0 radical (unpaired) electrons. The molecule has 6 nitrogen and oxygen atoms in total. The number of anilines is 1. The van der Waals surface area contributed by atoms with Crippen molar-refractivity contribution in [3.63, 3.8) is 0 Å². The average molecular weight is 437 g/mol. The molecule has 0 saturated heterocycles. The number of hydrogen-bond donors (Lipinski definition) is 2. The van der Waals surface area contributed by atoms with Gasteiger partial charge in [-0.2, -0.15) is 0 Å². The Bertz CT molecular complexity index is 1120. The van der Waals surface area contributed by atoms with Crippen molar-refractivity contribution in [2.75, 3.05) is 18.2 Å². The van der Waals surface area contributed by atoms with Gasteiger partial charge in [0, 0.05) is 22.7 Å². The third-order valence-corrected chi connectivity index (χ3v) is 6.06. The van der Waals surface area contributed by atoms with Gasteiger partial charge >= 0.3 is 0 Å². The molecule has 2 aromatic heterocycles. The highest BCUT2D eigenvalue weighted by atomic mass is 32.2. The fourth-order valence-electron chi connectivity index (χ4n) is 2.84. The molecule has 0 aliphatic rings. The minimum atomic E-state index is -0.112. The van der Waals surface area contributed by atoms with E-state index in [1.807, 2.05) is 29.6 Å². The fourth-order valence-corrected chi connectivity index (χ4v) is 4.19. The number of rotatable bonds is 7. The molecule has 0 unspecified atom stereocenters. The van der Waals surface area contributed by atoms with Crippen molar-refractivity contribution < 1.29 is 9.53 Å². The summed E-state index contributed by atoms with van der Waals surface area (Å²) in [5.74, 6) is 1.66. The quantitative estimate of drug-likeness (QED) is 0.387. The molecule has 0 aliphatic carbocycles. The molecular weight excluding hydrogens is 416 g/mol. The van der Waals surface area contributed by atoms with Crippen molar-refractivity contribution in [2.24, 2.45) is 0 Å². The molecule has 152 valence electrons. The van der Waals surface area contributed by atoms with E-state index in [1.54, 1.807) is 13.3 Å². The third-order valence-electron chi connectivity index (χ3n) is 4.39. The van der Waals surface area contributed by atoms with E-state index in [4.69, 9.17) is 9.72 Å².